The summed E-state index contributed by atoms with van der Waals surface area (Å²) in [5.41, 5.74) is 3.52. The van der Waals surface area contributed by atoms with Gasteiger partial charge in [-0.15, -0.1) is 0 Å². The summed E-state index contributed by atoms with van der Waals surface area (Å²) in [7, 11) is 1.38. The highest BCUT2D eigenvalue weighted by atomic mass is 19.1. The van der Waals surface area contributed by atoms with Crippen LogP contribution in [0, 0.1) is 19.7 Å². The predicted octanol–water partition coefficient (Wildman–Crippen LogP) is 4.06. The van der Waals surface area contributed by atoms with E-state index in [1.165, 1.54) is 18.0 Å². The number of hydrogen-bond donors (Lipinski definition) is 0. The van der Waals surface area contributed by atoms with Gasteiger partial charge >= 0.3 is 0 Å². The summed E-state index contributed by atoms with van der Waals surface area (Å²) in [5, 5.41) is 12.5. The zero-order valence-corrected chi connectivity index (χ0v) is 19.0. The molecule has 9 nitrogen and oxygen atoms in total. The maximum absolute atomic E-state index is 14.1. The Morgan fingerprint density at radius 2 is 1.94 bits per heavy atom. The molecule has 10 heteroatoms. The number of aryl methyl sites for hydroxylation is 2. The van der Waals surface area contributed by atoms with Gasteiger partial charge in [-0.3, -0.25) is 4.79 Å². The van der Waals surface area contributed by atoms with Gasteiger partial charge in [-0.1, -0.05) is 11.2 Å². The van der Waals surface area contributed by atoms with Gasteiger partial charge in [0, 0.05) is 6.54 Å². The molecular formula is C24H23FN6O3. The Balaban J connectivity index is 1.49. The Kier molecular flexibility index (Phi) is 5.56. The summed E-state index contributed by atoms with van der Waals surface area (Å²) in [6.45, 7) is 4.49. The largest absolute Gasteiger partial charge is 0.493 e. The molecule has 0 bridgehead atoms. The third-order valence-electron chi connectivity index (χ3n) is 6.13. The molecule has 0 radical (unpaired) electrons. The van der Waals surface area contributed by atoms with Crippen LogP contribution in [0.15, 0.2) is 47.2 Å². The lowest BCUT2D eigenvalue weighted by Crippen LogP contribution is -2.32. The van der Waals surface area contributed by atoms with Crippen molar-refractivity contribution in [2.75, 3.05) is 13.7 Å². The number of aromatic nitrogens is 5. The van der Waals surface area contributed by atoms with E-state index in [0.29, 0.717) is 35.7 Å². The molecule has 0 unspecified atom stereocenters. The summed E-state index contributed by atoms with van der Waals surface area (Å²) in [4.78, 5) is 21.4. The van der Waals surface area contributed by atoms with Crippen LogP contribution in [0.1, 0.15) is 46.3 Å². The van der Waals surface area contributed by atoms with Crippen LogP contribution in [0.3, 0.4) is 0 Å². The minimum atomic E-state index is -0.515. The number of nitrogens with zero attached hydrogens (tertiary/aromatic N) is 6. The lowest BCUT2D eigenvalue weighted by Gasteiger charge is -2.23. The molecule has 0 N–H and O–H groups in total. The van der Waals surface area contributed by atoms with Gasteiger partial charge in [0.2, 0.25) is 11.7 Å². The minimum absolute atomic E-state index is 0.0423. The van der Waals surface area contributed by atoms with Crippen LogP contribution in [0.4, 0.5) is 4.39 Å². The maximum Gasteiger partial charge on any atom is 0.256 e. The third-order valence-corrected chi connectivity index (χ3v) is 6.13. The zero-order valence-electron chi connectivity index (χ0n) is 19.0. The summed E-state index contributed by atoms with van der Waals surface area (Å²) in [6.07, 6.45) is 4.61. The number of carbonyl (C=O) groups is 1. The first kappa shape index (κ1) is 21.7. The molecule has 0 saturated carbocycles. The molecule has 4 aromatic rings. The summed E-state index contributed by atoms with van der Waals surface area (Å²) < 4.78 is 24.9. The second kappa shape index (κ2) is 8.69. The van der Waals surface area contributed by atoms with Crippen molar-refractivity contribution in [1.29, 1.82) is 0 Å². The monoisotopic (exact) mass is 462 g/mol. The normalized spacial score (nSPS) is 15.6. The van der Waals surface area contributed by atoms with E-state index in [2.05, 4.69) is 20.3 Å². The number of para-hydroxylation sites is 1. The molecule has 1 fully saturated rings. The maximum atomic E-state index is 14.1. The molecule has 2 aromatic heterocycles. The smallest absolute Gasteiger partial charge is 0.256 e. The van der Waals surface area contributed by atoms with Crippen molar-refractivity contribution in [2.45, 2.75) is 32.7 Å². The average Bonchev–Trinajstić information content (AvgIpc) is 3.61. The van der Waals surface area contributed by atoms with Crippen LogP contribution in [0.5, 0.6) is 5.75 Å². The van der Waals surface area contributed by atoms with Gasteiger partial charge in [-0.05, 0) is 62.1 Å². The van der Waals surface area contributed by atoms with E-state index in [9.17, 15) is 9.18 Å². The van der Waals surface area contributed by atoms with Crippen LogP contribution in [-0.2, 0) is 0 Å². The van der Waals surface area contributed by atoms with E-state index in [1.54, 1.807) is 29.4 Å². The molecule has 5 rings (SSSR count). The molecule has 0 spiro atoms. The van der Waals surface area contributed by atoms with Crippen molar-refractivity contribution in [1.82, 2.24) is 30.0 Å². The highest BCUT2D eigenvalue weighted by molar-refractivity contribution is 5.98. The predicted molar refractivity (Wildman–Crippen MR) is 120 cm³/mol. The fourth-order valence-corrected chi connectivity index (χ4v) is 4.27. The summed E-state index contributed by atoms with van der Waals surface area (Å²) in [6, 6.07) is 7.90. The molecule has 3 heterocycles. The van der Waals surface area contributed by atoms with Crippen molar-refractivity contribution >= 4 is 5.91 Å². The summed E-state index contributed by atoms with van der Waals surface area (Å²) in [5.74, 6) is -0.131. The van der Waals surface area contributed by atoms with Crippen LogP contribution in [0.2, 0.25) is 0 Å². The second-order valence-electron chi connectivity index (χ2n) is 8.21. The second-order valence-corrected chi connectivity index (χ2v) is 8.21. The van der Waals surface area contributed by atoms with Crippen molar-refractivity contribution in [3.8, 4) is 22.8 Å². The van der Waals surface area contributed by atoms with Gasteiger partial charge < -0.3 is 14.2 Å². The third kappa shape index (κ3) is 3.70. The summed E-state index contributed by atoms with van der Waals surface area (Å²) >= 11 is 0. The van der Waals surface area contributed by atoms with Crippen molar-refractivity contribution in [3.63, 3.8) is 0 Å². The van der Waals surface area contributed by atoms with Crippen LogP contribution in [-0.4, -0.2) is 49.6 Å². The van der Waals surface area contributed by atoms with Crippen LogP contribution in [0.25, 0.3) is 17.1 Å². The standard InChI is InChI=1S/C24H23FN6O3/c1-14-12-17(20(13-15(14)2)31-26-9-10-27-31)24(32)30-11-5-8-19(30)23-28-22(29-34-23)16-6-4-7-18(25)21(16)33-3/h4,6-7,9-10,12-13,19H,5,8,11H2,1-3H3/t19-/m0/s1. The van der Waals surface area contributed by atoms with Gasteiger partial charge in [0.05, 0.1) is 36.3 Å². The van der Waals surface area contributed by atoms with Gasteiger partial charge in [0.25, 0.3) is 5.91 Å². The Bertz CT molecular complexity index is 1350. The average molecular weight is 462 g/mol. The first-order valence-corrected chi connectivity index (χ1v) is 10.9. The molecule has 1 aliphatic heterocycles. The molecule has 1 amide bonds. The fraction of sp³-hybridized carbons (Fsp3) is 0.292. The van der Waals surface area contributed by atoms with Crippen molar-refractivity contribution < 1.29 is 18.4 Å². The SMILES string of the molecule is COc1c(F)cccc1-c1noc([C@@H]2CCCN2C(=O)c2cc(C)c(C)cc2-n2nccn2)n1. The van der Waals surface area contributed by atoms with Crippen molar-refractivity contribution in [2.24, 2.45) is 0 Å². The lowest BCUT2D eigenvalue weighted by atomic mass is 10.0. The molecular weight excluding hydrogens is 439 g/mol. The van der Waals surface area contributed by atoms with E-state index in [1.807, 2.05) is 26.0 Å². The molecule has 1 atom stereocenters. The first-order chi connectivity index (χ1) is 16.5. The number of likely N-dealkylation sites (tertiary alicyclic amines) is 1. The number of carbonyl (C=O) groups excluding carboxylic acids is 1. The van der Waals surface area contributed by atoms with E-state index < -0.39 is 11.9 Å². The van der Waals surface area contributed by atoms with Crippen molar-refractivity contribution in [3.05, 3.63) is 71.1 Å². The van der Waals surface area contributed by atoms with Crippen LogP contribution >= 0.6 is 0 Å². The number of rotatable bonds is 5. The van der Waals surface area contributed by atoms with Gasteiger partial charge in [-0.2, -0.15) is 20.0 Å². The zero-order chi connectivity index (χ0) is 23.8. The lowest BCUT2D eigenvalue weighted by molar-refractivity contribution is 0.0709. The Morgan fingerprint density at radius 1 is 1.18 bits per heavy atom. The number of methoxy groups -OCH3 is 1. The van der Waals surface area contributed by atoms with E-state index in [4.69, 9.17) is 9.26 Å². The Morgan fingerprint density at radius 3 is 2.71 bits per heavy atom. The number of amides is 1. The fourth-order valence-electron chi connectivity index (χ4n) is 4.27. The molecule has 34 heavy (non-hydrogen) atoms. The molecule has 1 aliphatic rings. The van der Waals surface area contributed by atoms with E-state index in [-0.39, 0.29) is 17.5 Å². The molecule has 174 valence electrons. The molecule has 1 saturated heterocycles. The molecule has 2 aromatic carbocycles. The van der Waals surface area contributed by atoms with Gasteiger partial charge in [0.15, 0.2) is 11.6 Å². The van der Waals surface area contributed by atoms with E-state index >= 15 is 0 Å². The number of hydrogen-bond acceptors (Lipinski definition) is 7. The number of halogens is 1. The minimum Gasteiger partial charge on any atom is -0.493 e. The highest BCUT2D eigenvalue weighted by Gasteiger charge is 2.36. The quantitative estimate of drug-likeness (QED) is 0.441. The topological polar surface area (TPSA) is 99.2 Å². The van der Waals surface area contributed by atoms with Crippen LogP contribution < -0.4 is 4.74 Å². The number of benzene rings is 2. The first-order valence-electron chi connectivity index (χ1n) is 10.9. The molecule has 0 aliphatic carbocycles. The Labute approximate surface area is 195 Å². The number of ether oxygens (including phenoxy) is 1. The van der Waals surface area contributed by atoms with E-state index in [0.717, 1.165) is 17.5 Å². The van der Waals surface area contributed by atoms with Gasteiger partial charge in [0.1, 0.15) is 6.04 Å². The Hall–Kier alpha value is -4.08. The highest BCUT2D eigenvalue weighted by Crippen LogP contribution is 2.36. The van der Waals surface area contributed by atoms with Gasteiger partial charge in [-0.25, -0.2) is 4.39 Å².